The molecule has 2 rings (SSSR count). The van der Waals surface area contributed by atoms with Crippen LogP contribution < -0.4 is 10.6 Å². The van der Waals surface area contributed by atoms with E-state index in [2.05, 4.69) is 26.8 Å². The first-order valence-electron chi connectivity index (χ1n) is 7.02. The fourth-order valence-corrected chi connectivity index (χ4v) is 2.51. The monoisotopic (exact) mass is 280 g/mol. The van der Waals surface area contributed by atoms with E-state index in [-0.39, 0.29) is 12.6 Å². The Labute approximate surface area is 119 Å². The maximum absolute atomic E-state index is 9.33. The fraction of sp³-hybridized carbons (Fsp3) is 0.769. The summed E-state index contributed by atoms with van der Waals surface area (Å²) in [5.41, 5.74) is 5.74. The molecule has 0 spiro atoms. The van der Waals surface area contributed by atoms with Crippen LogP contribution in [0.3, 0.4) is 0 Å². The molecule has 1 aromatic rings. The van der Waals surface area contributed by atoms with E-state index in [4.69, 9.17) is 5.73 Å². The van der Waals surface area contributed by atoms with Gasteiger partial charge in [-0.1, -0.05) is 0 Å². The number of likely N-dealkylation sites (tertiary alicyclic amines) is 1. The smallest absolute Gasteiger partial charge is 0.229 e. The molecule has 2 heterocycles. The van der Waals surface area contributed by atoms with Gasteiger partial charge in [0, 0.05) is 33.3 Å². The molecular weight excluding hydrogens is 256 g/mol. The van der Waals surface area contributed by atoms with Crippen molar-refractivity contribution in [1.82, 2.24) is 19.9 Å². The molecule has 0 radical (unpaired) electrons. The molecule has 2 atom stereocenters. The second-order valence-corrected chi connectivity index (χ2v) is 5.71. The Morgan fingerprint density at radius 1 is 1.30 bits per heavy atom. The third kappa shape index (κ3) is 3.55. The topological polar surface area (TPSA) is 91.4 Å². The summed E-state index contributed by atoms with van der Waals surface area (Å²) < 4.78 is 0. The second kappa shape index (κ2) is 6.32. The Bertz CT molecular complexity index is 452. The van der Waals surface area contributed by atoms with Gasteiger partial charge in [0.1, 0.15) is 5.82 Å². The minimum Gasteiger partial charge on any atom is -0.396 e. The van der Waals surface area contributed by atoms with Crippen molar-refractivity contribution in [3.05, 3.63) is 5.82 Å². The van der Waals surface area contributed by atoms with E-state index in [0.717, 1.165) is 19.4 Å². The normalized spacial score (nSPS) is 23.8. The van der Waals surface area contributed by atoms with E-state index in [1.165, 1.54) is 0 Å². The highest BCUT2D eigenvalue weighted by molar-refractivity contribution is 5.32. The summed E-state index contributed by atoms with van der Waals surface area (Å²) in [5, 5.41) is 9.33. The van der Waals surface area contributed by atoms with Crippen molar-refractivity contribution >= 4 is 11.9 Å². The minimum absolute atomic E-state index is 0.242. The summed E-state index contributed by atoms with van der Waals surface area (Å²) in [6, 6.07) is 0.471. The lowest BCUT2D eigenvalue weighted by Crippen LogP contribution is -2.42. The Kier molecular flexibility index (Phi) is 4.72. The number of aromatic nitrogens is 3. The van der Waals surface area contributed by atoms with Gasteiger partial charge in [-0.15, -0.1) is 0 Å². The van der Waals surface area contributed by atoms with Crippen LogP contribution in [0.15, 0.2) is 0 Å². The van der Waals surface area contributed by atoms with Gasteiger partial charge in [0.05, 0.1) is 6.54 Å². The molecule has 1 fully saturated rings. The summed E-state index contributed by atoms with van der Waals surface area (Å²) >= 11 is 0. The predicted molar refractivity (Wildman–Crippen MR) is 78.2 cm³/mol. The lowest BCUT2D eigenvalue weighted by Gasteiger charge is -2.36. The van der Waals surface area contributed by atoms with Gasteiger partial charge in [-0.05, 0) is 25.7 Å². The third-order valence-corrected chi connectivity index (χ3v) is 3.80. The number of piperidine rings is 1. The molecule has 0 saturated carbocycles. The highest BCUT2D eigenvalue weighted by Gasteiger charge is 2.25. The van der Waals surface area contributed by atoms with E-state index < -0.39 is 0 Å². The van der Waals surface area contributed by atoms with Gasteiger partial charge in [0.2, 0.25) is 11.9 Å². The highest BCUT2D eigenvalue weighted by atomic mass is 16.3. The third-order valence-electron chi connectivity index (χ3n) is 3.80. The van der Waals surface area contributed by atoms with Gasteiger partial charge in [0.15, 0.2) is 0 Å². The number of hydrogen-bond donors (Lipinski definition) is 2. The largest absolute Gasteiger partial charge is 0.396 e. The zero-order chi connectivity index (χ0) is 14.7. The average Bonchev–Trinajstić information content (AvgIpc) is 2.40. The van der Waals surface area contributed by atoms with Crippen molar-refractivity contribution in [3.8, 4) is 0 Å². The van der Waals surface area contributed by atoms with Crippen LogP contribution in [0, 0.1) is 5.92 Å². The van der Waals surface area contributed by atoms with Crippen LogP contribution in [0.2, 0.25) is 0 Å². The molecule has 7 nitrogen and oxygen atoms in total. The van der Waals surface area contributed by atoms with Gasteiger partial charge in [-0.25, -0.2) is 0 Å². The molecule has 20 heavy (non-hydrogen) atoms. The maximum Gasteiger partial charge on any atom is 0.229 e. The van der Waals surface area contributed by atoms with Crippen molar-refractivity contribution in [3.63, 3.8) is 0 Å². The SMILES string of the molecule is CC1CCC(CO)CN1Cc1nc(N)nc(N(C)C)n1. The van der Waals surface area contributed by atoms with Gasteiger partial charge < -0.3 is 15.7 Å². The molecular formula is C13H24N6O. The molecule has 1 saturated heterocycles. The summed E-state index contributed by atoms with van der Waals surface area (Å²) in [5.74, 6) is 1.86. The van der Waals surface area contributed by atoms with Crippen molar-refractivity contribution in [2.75, 3.05) is 37.9 Å². The number of aliphatic hydroxyl groups excluding tert-OH is 1. The molecule has 0 bridgehead atoms. The molecule has 112 valence electrons. The van der Waals surface area contributed by atoms with Crippen LogP contribution in [0.1, 0.15) is 25.6 Å². The number of nitrogen functional groups attached to an aromatic ring is 1. The second-order valence-electron chi connectivity index (χ2n) is 5.71. The standard InChI is InChI=1S/C13H24N6O/c1-9-4-5-10(8-20)6-19(9)7-11-15-12(14)17-13(16-11)18(2)3/h9-10,20H,4-8H2,1-3H3,(H2,14,15,16,17). The number of nitrogens with two attached hydrogens (primary N) is 1. The number of hydrogen-bond acceptors (Lipinski definition) is 7. The van der Waals surface area contributed by atoms with Crippen LogP contribution in [0.25, 0.3) is 0 Å². The number of anilines is 2. The first kappa shape index (κ1) is 14.9. The Balaban J connectivity index is 2.12. The number of nitrogens with zero attached hydrogens (tertiary/aromatic N) is 5. The van der Waals surface area contributed by atoms with Crippen molar-refractivity contribution < 1.29 is 5.11 Å². The van der Waals surface area contributed by atoms with Crippen LogP contribution in [-0.2, 0) is 6.54 Å². The predicted octanol–water partition coefficient (Wildman–Crippen LogP) is 0.113. The zero-order valence-electron chi connectivity index (χ0n) is 12.5. The molecule has 0 aromatic carbocycles. The molecule has 2 unspecified atom stereocenters. The summed E-state index contributed by atoms with van der Waals surface area (Å²) in [7, 11) is 3.76. The van der Waals surface area contributed by atoms with E-state index in [0.29, 0.717) is 30.3 Å². The molecule has 7 heteroatoms. The minimum atomic E-state index is 0.242. The molecule has 1 aliphatic heterocycles. The van der Waals surface area contributed by atoms with Crippen molar-refractivity contribution in [2.24, 2.45) is 5.92 Å². The molecule has 0 aliphatic carbocycles. The van der Waals surface area contributed by atoms with E-state index in [1.807, 2.05) is 19.0 Å². The summed E-state index contributed by atoms with van der Waals surface area (Å²) in [6.07, 6.45) is 2.17. The lowest BCUT2D eigenvalue weighted by atomic mass is 9.94. The Morgan fingerprint density at radius 3 is 2.70 bits per heavy atom. The van der Waals surface area contributed by atoms with Crippen molar-refractivity contribution in [2.45, 2.75) is 32.4 Å². The lowest BCUT2D eigenvalue weighted by molar-refractivity contribution is 0.0751. The number of aliphatic hydroxyl groups is 1. The highest BCUT2D eigenvalue weighted by Crippen LogP contribution is 2.23. The van der Waals surface area contributed by atoms with E-state index >= 15 is 0 Å². The Morgan fingerprint density at radius 2 is 2.05 bits per heavy atom. The average molecular weight is 280 g/mol. The van der Waals surface area contributed by atoms with Crippen LogP contribution in [0.5, 0.6) is 0 Å². The van der Waals surface area contributed by atoms with Gasteiger partial charge >= 0.3 is 0 Å². The molecule has 1 aromatic heterocycles. The first-order chi connectivity index (χ1) is 9.49. The van der Waals surface area contributed by atoms with Crippen LogP contribution in [0.4, 0.5) is 11.9 Å². The summed E-state index contributed by atoms with van der Waals surface area (Å²) in [6.45, 7) is 3.96. The van der Waals surface area contributed by atoms with Gasteiger partial charge in [0.25, 0.3) is 0 Å². The van der Waals surface area contributed by atoms with Gasteiger partial charge in [-0.3, -0.25) is 4.90 Å². The molecule has 3 N–H and O–H groups in total. The van der Waals surface area contributed by atoms with Crippen molar-refractivity contribution in [1.29, 1.82) is 0 Å². The van der Waals surface area contributed by atoms with Gasteiger partial charge in [-0.2, -0.15) is 15.0 Å². The maximum atomic E-state index is 9.33. The molecule has 1 aliphatic rings. The Hall–Kier alpha value is -1.47. The van der Waals surface area contributed by atoms with Crippen LogP contribution in [-0.4, -0.2) is 58.2 Å². The van der Waals surface area contributed by atoms with E-state index in [1.54, 1.807) is 0 Å². The number of rotatable bonds is 4. The van der Waals surface area contributed by atoms with E-state index in [9.17, 15) is 5.11 Å². The molecule has 0 amide bonds. The quantitative estimate of drug-likeness (QED) is 0.809. The zero-order valence-corrected chi connectivity index (χ0v) is 12.5. The summed E-state index contributed by atoms with van der Waals surface area (Å²) in [4.78, 5) is 16.9. The fourth-order valence-electron chi connectivity index (χ4n) is 2.51. The first-order valence-corrected chi connectivity index (χ1v) is 7.02. The van der Waals surface area contributed by atoms with Crippen LogP contribution >= 0.6 is 0 Å².